The summed E-state index contributed by atoms with van der Waals surface area (Å²) in [5, 5.41) is 0. The molecule has 0 aromatic carbocycles. The monoisotopic (exact) mass is 352 g/mol. The van der Waals surface area contributed by atoms with Gasteiger partial charge < -0.3 is 28.4 Å². The van der Waals surface area contributed by atoms with Crippen LogP contribution in [-0.4, -0.2) is 69.3 Å². The Bertz CT molecular complexity index is 496. The van der Waals surface area contributed by atoms with E-state index in [-0.39, 0.29) is 23.9 Å². The van der Waals surface area contributed by atoms with Gasteiger partial charge in [-0.1, -0.05) is 0 Å². The molecule has 0 spiro atoms. The SMILES string of the molecule is C1C2CC3CC1CC(OCC1CO1)(C2)C3(OCC1CO1)OCC1CO1. The zero-order valence-corrected chi connectivity index (χ0v) is 14.7. The zero-order chi connectivity index (χ0) is 16.5. The topological polar surface area (TPSA) is 65.3 Å². The second-order valence-electron chi connectivity index (χ2n) is 9.01. The van der Waals surface area contributed by atoms with Gasteiger partial charge in [-0.25, -0.2) is 0 Å². The first-order chi connectivity index (χ1) is 12.2. The molecule has 0 amide bonds. The fourth-order valence-corrected chi connectivity index (χ4v) is 5.82. The molecule has 3 saturated heterocycles. The fourth-order valence-electron chi connectivity index (χ4n) is 5.82. The number of rotatable bonds is 9. The molecule has 4 saturated carbocycles. The molecule has 3 aliphatic heterocycles. The summed E-state index contributed by atoms with van der Waals surface area (Å²) in [6, 6.07) is 0. The van der Waals surface area contributed by atoms with Crippen LogP contribution in [0, 0.1) is 17.8 Å². The third-order valence-corrected chi connectivity index (χ3v) is 7.03. The van der Waals surface area contributed by atoms with Crippen LogP contribution in [0.4, 0.5) is 0 Å². The lowest BCUT2D eigenvalue weighted by molar-refractivity contribution is -0.401. The van der Waals surface area contributed by atoms with Crippen molar-refractivity contribution in [3.8, 4) is 0 Å². The first kappa shape index (κ1) is 15.8. The summed E-state index contributed by atoms with van der Waals surface area (Å²) in [4.78, 5) is 0. The molecular weight excluding hydrogens is 324 g/mol. The summed E-state index contributed by atoms with van der Waals surface area (Å²) in [5.41, 5.74) is -0.322. The molecule has 0 N–H and O–H groups in total. The van der Waals surface area contributed by atoms with Crippen molar-refractivity contribution in [1.82, 2.24) is 0 Å². The predicted octanol–water partition coefficient (Wildman–Crippen LogP) is 1.51. The van der Waals surface area contributed by atoms with E-state index in [0.717, 1.165) is 44.5 Å². The first-order valence-corrected chi connectivity index (χ1v) is 10.0. The molecule has 6 nitrogen and oxygen atoms in total. The van der Waals surface area contributed by atoms with Crippen molar-refractivity contribution >= 4 is 0 Å². The molecule has 4 aliphatic carbocycles. The Morgan fingerprint density at radius 2 is 1.16 bits per heavy atom. The van der Waals surface area contributed by atoms with Gasteiger partial charge in [0.2, 0.25) is 5.79 Å². The molecule has 5 atom stereocenters. The standard InChI is InChI=1S/C19H28O6/c1-12-2-14-3-13(1)5-18(4-12,23-9-15-6-20-15)19(14,24-10-16-7-21-16)25-11-17-8-22-17/h12-17H,1-11H2. The van der Waals surface area contributed by atoms with Crippen LogP contribution >= 0.6 is 0 Å². The quantitative estimate of drug-likeness (QED) is 0.463. The van der Waals surface area contributed by atoms with Crippen LogP contribution in [0.25, 0.3) is 0 Å². The van der Waals surface area contributed by atoms with Gasteiger partial charge in [0.05, 0.1) is 39.6 Å². The molecule has 140 valence electrons. The average Bonchev–Trinajstić information content (AvgIpc) is 3.46. The van der Waals surface area contributed by atoms with Crippen molar-refractivity contribution in [2.45, 2.75) is 61.8 Å². The number of hydrogen-bond acceptors (Lipinski definition) is 6. The van der Waals surface area contributed by atoms with Crippen LogP contribution in [0.3, 0.4) is 0 Å². The molecule has 4 bridgehead atoms. The van der Waals surface area contributed by atoms with Crippen molar-refractivity contribution in [3.05, 3.63) is 0 Å². The maximum atomic E-state index is 6.63. The molecule has 6 heteroatoms. The van der Waals surface area contributed by atoms with Gasteiger partial charge in [0, 0.05) is 5.92 Å². The third-order valence-electron chi connectivity index (χ3n) is 7.03. The van der Waals surface area contributed by atoms with Gasteiger partial charge in [-0.05, 0) is 43.9 Å². The zero-order valence-electron chi connectivity index (χ0n) is 14.7. The smallest absolute Gasteiger partial charge is 0.200 e. The molecule has 7 rings (SSSR count). The van der Waals surface area contributed by atoms with Crippen molar-refractivity contribution in [1.29, 1.82) is 0 Å². The lowest BCUT2D eigenvalue weighted by Gasteiger charge is -2.65. The van der Waals surface area contributed by atoms with Crippen molar-refractivity contribution in [2.75, 3.05) is 39.6 Å². The highest BCUT2D eigenvalue weighted by Gasteiger charge is 2.69. The van der Waals surface area contributed by atoms with E-state index in [4.69, 9.17) is 28.4 Å². The molecule has 5 unspecified atom stereocenters. The minimum Gasteiger partial charge on any atom is -0.371 e. The second-order valence-corrected chi connectivity index (χ2v) is 9.01. The predicted molar refractivity (Wildman–Crippen MR) is 86.1 cm³/mol. The third kappa shape index (κ3) is 2.77. The summed E-state index contributed by atoms with van der Waals surface area (Å²) in [7, 11) is 0. The Morgan fingerprint density at radius 1 is 0.680 bits per heavy atom. The van der Waals surface area contributed by atoms with E-state index in [1.165, 1.54) is 19.3 Å². The van der Waals surface area contributed by atoms with Crippen LogP contribution in [0.5, 0.6) is 0 Å². The summed E-state index contributed by atoms with van der Waals surface area (Å²) in [6.45, 7) is 4.33. The van der Waals surface area contributed by atoms with Gasteiger partial charge in [0.1, 0.15) is 23.9 Å². The Morgan fingerprint density at radius 3 is 1.64 bits per heavy atom. The minimum absolute atomic E-state index is 0.235. The summed E-state index contributed by atoms with van der Waals surface area (Å²) < 4.78 is 36.1. The van der Waals surface area contributed by atoms with Crippen LogP contribution in [-0.2, 0) is 28.4 Å². The van der Waals surface area contributed by atoms with Gasteiger partial charge in [-0.15, -0.1) is 0 Å². The van der Waals surface area contributed by atoms with Crippen LogP contribution < -0.4 is 0 Å². The van der Waals surface area contributed by atoms with Gasteiger partial charge >= 0.3 is 0 Å². The Balaban J connectivity index is 1.31. The number of epoxide rings is 3. The van der Waals surface area contributed by atoms with Crippen molar-refractivity contribution < 1.29 is 28.4 Å². The minimum atomic E-state index is -0.632. The van der Waals surface area contributed by atoms with E-state index >= 15 is 0 Å². The molecular formula is C19H28O6. The Labute approximate surface area is 148 Å². The van der Waals surface area contributed by atoms with Crippen molar-refractivity contribution in [2.24, 2.45) is 17.8 Å². The summed E-state index contributed by atoms with van der Waals surface area (Å²) in [6.07, 6.45) is 6.63. The Hall–Kier alpha value is -0.240. The van der Waals surface area contributed by atoms with Gasteiger partial charge in [0.25, 0.3) is 0 Å². The maximum absolute atomic E-state index is 6.63. The molecule has 7 fully saturated rings. The van der Waals surface area contributed by atoms with Crippen molar-refractivity contribution in [3.63, 3.8) is 0 Å². The van der Waals surface area contributed by atoms with E-state index in [1.54, 1.807) is 0 Å². The summed E-state index contributed by atoms with van der Waals surface area (Å²) in [5.74, 6) is 1.31. The van der Waals surface area contributed by atoms with Crippen LogP contribution in [0.15, 0.2) is 0 Å². The molecule has 7 aliphatic rings. The highest BCUT2D eigenvalue weighted by atomic mass is 16.7. The molecule has 0 radical (unpaired) electrons. The van der Waals surface area contributed by atoms with Crippen LogP contribution in [0.2, 0.25) is 0 Å². The fraction of sp³-hybridized carbons (Fsp3) is 1.00. The van der Waals surface area contributed by atoms with E-state index in [2.05, 4.69) is 0 Å². The lowest BCUT2D eigenvalue weighted by Crippen LogP contribution is -2.72. The molecule has 3 heterocycles. The largest absolute Gasteiger partial charge is 0.371 e. The number of ether oxygens (including phenoxy) is 6. The Kier molecular flexibility index (Phi) is 3.55. The molecule has 0 aromatic rings. The normalized spacial score (nSPS) is 54.7. The van der Waals surface area contributed by atoms with E-state index < -0.39 is 5.79 Å². The molecule has 0 aromatic heterocycles. The summed E-state index contributed by atoms with van der Waals surface area (Å²) >= 11 is 0. The van der Waals surface area contributed by atoms with E-state index in [9.17, 15) is 0 Å². The van der Waals surface area contributed by atoms with E-state index in [0.29, 0.717) is 25.7 Å². The maximum Gasteiger partial charge on any atom is 0.200 e. The van der Waals surface area contributed by atoms with Gasteiger partial charge in [0.15, 0.2) is 0 Å². The highest BCUT2D eigenvalue weighted by molar-refractivity contribution is 5.14. The lowest BCUT2D eigenvalue weighted by atomic mass is 9.51. The average molecular weight is 352 g/mol. The highest BCUT2D eigenvalue weighted by Crippen LogP contribution is 2.63. The number of hydrogen-bond donors (Lipinski definition) is 0. The van der Waals surface area contributed by atoms with Gasteiger partial charge in [-0.2, -0.15) is 0 Å². The first-order valence-electron chi connectivity index (χ1n) is 10.0. The van der Waals surface area contributed by atoms with Crippen LogP contribution in [0.1, 0.15) is 32.1 Å². The molecule has 25 heavy (non-hydrogen) atoms. The van der Waals surface area contributed by atoms with Gasteiger partial charge in [-0.3, -0.25) is 0 Å². The second kappa shape index (κ2) is 5.63. The van der Waals surface area contributed by atoms with E-state index in [1.807, 2.05) is 0 Å².